The van der Waals surface area contributed by atoms with Gasteiger partial charge >= 0.3 is 0 Å². The molecular weight excluding hydrogens is 508 g/mol. The van der Waals surface area contributed by atoms with Crippen molar-refractivity contribution >= 4 is 54.0 Å². The molecule has 8 nitrogen and oxygen atoms in total. The molecule has 0 aromatic heterocycles. The summed E-state index contributed by atoms with van der Waals surface area (Å²) in [6, 6.07) is 0. The highest BCUT2D eigenvalue weighted by atomic mass is 32.2. The zero-order chi connectivity index (χ0) is 26.1. The van der Waals surface area contributed by atoms with E-state index in [1.165, 1.54) is 0 Å². The second-order valence-electron chi connectivity index (χ2n) is 10.3. The highest BCUT2D eigenvalue weighted by molar-refractivity contribution is 8.13. The minimum absolute atomic E-state index is 0.0319. The van der Waals surface area contributed by atoms with E-state index >= 15 is 0 Å². The van der Waals surface area contributed by atoms with E-state index in [9.17, 15) is 26.4 Å². The molecular formula is C21H40O8S4. The molecule has 0 unspecified atom stereocenters. The molecule has 0 aromatic rings. The van der Waals surface area contributed by atoms with Crippen molar-refractivity contribution in [1.29, 1.82) is 0 Å². The Morgan fingerprint density at radius 2 is 1.00 bits per heavy atom. The Morgan fingerprint density at radius 1 is 0.697 bits per heavy atom. The van der Waals surface area contributed by atoms with Crippen molar-refractivity contribution in [3.05, 3.63) is 0 Å². The van der Waals surface area contributed by atoms with E-state index in [4.69, 9.17) is 8.37 Å². The van der Waals surface area contributed by atoms with E-state index in [0.717, 1.165) is 23.5 Å². The number of thioether (sulfide) groups is 2. The van der Waals surface area contributed by atoms with Crippen LogP contribution in [0.3, 0.4) is 0 Å². The summed E-state index contributed by atoms with van der Waals surface area (Å²) in [4.78, 5) is 23.5. The summed E-state index contributed by atoms with van der Waals surface area (Å²) in [5.74, 6) is -0.285. The molecule has 0 atom stereocenters. The first-order chi connectivity index (χ1) is 14.8. The first-order valence-corrected chi connectivity index (χ1v) is 16.0. The first-order valence-electron chi connectivity index (χ1n) is 10.8. The van der Waals surface area contributed by atoms with E-state index in [1.54, 1.807) is 55.4 Å². The van der Waals surface area contributed by atoms with Gasteiger partial charge in [-0.2, -0.15) is 16.8 Å². The Kier molecular flexibility index (Phi) is 13.8. The van der Waals surface area contributed by atoms with Gasteiger partial charge in [-0.3, -0.25) is 18.0 Å². The normalized spacial score (nSPS) is 13.6. The van der Waals surface area contributed by atoms with Gasteiger partial charge in [-0.05, 0) is 17.3 Å². The monoisotopic (exact) mass is 548 g/mol. The highest BCUT2D eigenvalue weighted by Crippen LogP contribution is 2.26. The minimum Gasteiger partial charge on any atom is -0.287 e. The maximum absolute atomic E-state index is 12.2. The van der Waals surface area contributed by atoms with Crippen molar-refractivity contribution in [2.45, 2.75) is 61.8 Å². The van der Waals surface area contributed by atoms with Gasteiger partial charge in [-0.25, -0.2) is 0 Å². The Balaban J connectivity index is 4.49. The fourth-order valence-electron chi connectivity index (χ4n) is 1.98. The maximum atomic E-state index is 12.2. The van der Waals surface area contributed by atoms with E-state index in [-0.39, 0.29) is 41.7 Å². The molecule has 0 bridgehead atoms. The van der Waals surface area contributed by atoms with E-state index in [1.807, 2.05) is 0 Å². The molecule has 0 spiro atoms. The molecule has 0 aliphatic heterocycles. The number of carbonyl (C=O) groups is 2. The topological polar surface area (TPSA) is 121 Å². The molecule has 0 amide bonds. The molecule has 12 heteroatoms. The van der Waals surface area contributed by atoms with E-state index < -0.39 is 42.6 Å². The van der Waals surface area contributed by atoms with Crippen LogP contribution in [0.15, 0.2) is 0 Å². The molecule has 0 radical (unpaired) electrons. The van der Waals surface area contributed by atoms with Crippen LogP contribution in [0.2, 0.25) is 0 Å². The molecule has 0 rings (SSSR count). The minimum atomic E-state index is -3.92. The summed E-state index contributed by atoms with van der Waals surface area (Å²) in [5.41, 5.74) is -1.09. The predicted octanol–water partition coefficient (Wildman–Crippen LogP) is 3.95. The van der Waals surface area contributed by atoms with Crippen LogP contribution in [0.1, 0.15) is 61.8 Å². The second-order valence-corrected chi connectivity index (χ2v) is 15.7. The average molecular weight is 549 g/mol. The van der Waals surface area contributed by atoms with Crippen molar-refractivity contribution in [3.8, 4) is 0 Å². The third-order valence-corrected chi connectivity index (χ3v) is 10.1. The molecule has 33 heavy (non-hydrogen) atoms. The smallest absolute Gasteiger partial charge is 0.267 e. The summed E-state index contributed by atoms with van der Waals surface area (Å²) in [5, 5.41) is 0.0638. The molecule has 0 saturated carbocycles. The Bertz CT molecular complexity index is 773. The van der Waals surface area contributed by atoms with Gasteiger partial charge in [0.05, 0.1) is 24.7 Å². The van der Waals surface area contributed by atoms with Gasteiger partial charge in [-0.1, -0.05) is 78.9 Å². The highest BCUT2D eigenvalue weighted by Gasteiger charge is 2.27. The van der Waals surface area contributed by atoms with Crippen molar-refractivity contribution in [2.24, 2.45) is 22.7 Å². The molecule has 0 aliphatic rings. The number of rotatable bonds is 16. The lowest BCUT2D eigenvalue weighted by atomic mass is 9.98. The van der Waals surface area contributed by atoms with Crippen LogP contribution >= 0.6 is 23.5 Å². The number of hydrogen-bond acceptors (Lipinski definition) is 10. The van der Waals surface area contributed by atoms with Crippen LogP contribution in [-0.2, 0) is 38.2 Å². The first kappa shape index (κ1) is 32.9. The van der Waals surface area contributed by atoms with Gasteiger partial charge in [0.25, 0.3) is 20.2 Å². The van der Waals surface area contributed by atoms with E-state index in [0.29, 0.717) is 11.5 Å². The molecule has 0 aliphatic carbocycles. The fraction of sp³-hybridized carbons (Fsp3) is 0.905. The van der Waals surface area contributed by atoms with Crippen LogP contribution in [0.25, 0.3) is 0 Å². The molecule has 0 aromatic carbocycles. The molecule has 0 N–H and O–H groups in total. The number of hydrogen-bond donors (Lipinski definition) is 0. The Morgan fingerprint density at radius 3 is 1.27 bits per heavy atom. The van der Waals surface area contributed by atoms with Crippen LogP contribution in [0.5, 0.6) is 0 Å². The van der Waals surface area contributed by atoms with Gasteiger partial charge < -0.3 is 0 Å². The van der Waals surface area contributed by atoms with Crippen LogP contribution in [-0.4, -0.2) is 63.3 Å². The van der Waals surface area contributed by atoms with Gasteiger partial charge in [-0.15, -0.1) is 0 Å². The van der Waals surface area contributed by atoms with Gasteiger partial charge in [0.1, 0.15) is 0 Å². The van der Waals surface area contributed by atoms with Gasteiger partial charge in [0, 0.05) is 23.3 Å². The van der Waals surface area contributed by atoms with Crippen molar-refractivity contribution < 1.29 is 34.8 Å². The predicted molar refractivity (Wildman–Crippen MR) is 136 cm³/mol. The second kappa shape index (κ2) is 13.8. The fourth-order valence-corrected chi connectivity index (χ4v) is 6.29. The van der Waals surface area contributed by atoms with Crippen molar-refractivity contribution in [3.63, 3.8) is 0 Å². The summed E-state index contributed by atoms with van der Waals surface area (Å²) in [6.45, 7) is 14.2. The standard InChI is InChI=1S/C21H40O8S4/c1-16(2)18(22)30-14-20(5,6)12-28-32(24,25)10-9-11-33(26,27)29-13-21(7,8)15-31-19(23)17(3)4/h16-17H,9-15H2,1-8H3. The molecule has 196 valence electrons. The number of carbonyl (C=O) groups excluding carboxylic acids is 2. The van der Waals surface area contributed by atoms with Crippen LogP contribution < -0.4 is 0 Å². The Labute approximate surface area is 209 Å². The largest absolute Gasteiger partial charge is 0.287 e. The zero-order valence-corrected chi connectivity index (χ0v) is 24.3. The lowest BCUT2D eigenvalue weighted by molar-refractivity contribution is -0.114. The van der Waals surface area contributed by atoms with Crippen LogP contribution in [0.4, 0.5) is 0 Å². The lowest BCUT2D eigenvalue weighted by Gasteiger charge is -2.24. The maximum Gasteiger partial charge on any atom is 0.267 e. The Hall–Kier alpha value is -0.140. The zero-order valence-electron chi connectivity index (χ0n) is 21.0. The quantitative estimate of drug-likeness (QED) is 0.262. The average Bonchev–Trinajstić information content (AvgIpc) is 2.67. The summed E-state index contributed by atoms with van der Waals surface area (Å²) in [6.07, 6.45) is -0.160. The van der Waals surface area contributed by atoms with Gasteiger partial charge in [0.15, 0.2) is 10.2 Å². The lowest BCUT2D eigenvalue weighted by Crippen LogP contribution is -2.28. The summed E-state index contributed by atoms with van der Waals surface area (Å²) >= 11 is 2.29. The molecule has 0 heterocycles. The molecule has 0 saturated heterocycles. The van der Waals surface area contributed by atoms with Crippen molar-refractivity contribution in [2.75, 3.05) is 36.2 Å². The van der Waals surface area contributed by atoms with E-state index in [2.05, 4.69) is 0 Å². The third kappa shape index (κ3) is 16.2. The SMILES string of the molecule is CC(C)C(=O)SCC(C)(C)COS(=O)(=O)CCCS(=O)(=O)OCC(C)(C)CSC(=O)C(C)C. The van der Waals surface area contributed by atoms with Crippen molar-refractivity contribution in [1.82, 2.24) is 0 Å². The summed E-state index contributed by atoms with van der Waals surface area (Å²) in [7, 11) is -7.83. The third-order valence-electron chi connectivity index (χ3n) is 4.20. The molecule has 0 fully saturated rings. The van der Waals surface area contributed by atoms with Crippen LogP contribution in [0, 0.1) is 22.7 Å². The summed E-state index contributed by atoms with van der Waals surface area (Å²) < 4.78 is 58.8. The van der Waals surface area contributed by atoms with Gasteiger partial charge in [0.2, 0.25) is 0 Å².